The molecule has 4 rings (SSSR count). The van der Waals surface area contributed by atoms with Gasteiger partial charge >= 0.3 is 0 Å². The summed E-state index contributed by atoms with van der Waals surface area (Å²) in [6.45, 7) is 2.95. The first-order valence-electron chi connectivity index (χ1n) is 9.64. The first-order valence-corrected chi connectivity index (χ1v) is 9.64. The predicted molar refractivity (Wildman–Crippen MR) is 108 cm³/mol. The van der Waals surface area contributed by atoms with Crippen molar-refractivity contribution < 1.29 is 14.1 Å². The van der Waals surface area contributed by atoms with E-state index < -0.39 is 0 Å². The van der Waals surface area contributed by atoms with Gasteiger partial charge in [0.1, 0.15) is 11.6 Å². The molecule has 0 N–H and O–H groups in total. The highest BCUT2D eigenvalue weighted by molar-refractivity contribution is 5.76. The number of nitrogens with zero attached hydrogens (tertiary/aromatic N) is 5. The number of benzene rings is 1. The number of aryl methyl sites for hydroxylation is 1. The third kappa shape index (κ3) is 4.53. The molecule has 8 heteroatoms. The molecular formula is C21H23N5O3. The van der Waals surface area contributed by atoms with E-state index in [4.69, 9.17) is 9.26 Å². The van der Waals surface area contributed by atoms with Gasteiger partial charge in [0.2, 0.25) is 17.6 Å². The lowest BCUT2D eigenvalue weighted by Crippen LogP contribution is -2.49. The molecule has 0 aliphatic carbocycles. The number of methoxy groups -OCH3 is 1. The molecular weight excluding hydrogens is 370 g/mol. The number of pyridine rings is 1. The lowest BCUT2D eigenvalue weighted by Gasteiger charge is -2.35. The van der Waals surface area contributed by atoms with E-state index in [1.54, 1.807) is 13.3 Å². The van der Waals surface area contributed by atoms with E-state index in [0.29, 0.717) is 37.6 Å². The second kappa shape index (κ2) is 8.72. The van der Waals surface area contributed by atoms with E-state index in [1.807, 2.05) is 47.4 Å². The van der Waals surface area contributed by atoms with Crippen LogP contribution in [0, 0.1) is 0 Å². The van der Waals surface area contributed by atoms with Crippen LogP contribution in [0.5, 0.6) is 5.75 Å². The van der Waals surface area contributed by atoms with E-state index in [-0.39, 0.29) is 5.91 Å². The monoisotopic (exact) mass is 393 g/mol. The molecule has 0 bridgehead atoms. The maximum Gasteiger partial charge on any atom is 0.227 e. The van der Waals surface area contributed by atoms with E-state index in [2.05, 4.69) is 20.0 Å². The molecule has 0 atom stereocenters. The molecule has 0 spiro atoms. The fourth-order valence-electron chi connectivity index (χ4n) is 3.31. The van der Waals surface area contributed by atoms with Crippen molar-refractivity contribution in [3.63, 3.8) is 0 Å². The van der Waals surface area contributed by atoms with Gasteiger partial charge in [0.25, 0.3) is 0 Å². The highest BCUT2D eigenvalue weighted by atomic mass is 16.5. The van der Waals surface area contributed by atoms with Gasteiger partial charge < -0.3 is 19.1 Å². The Morgan fingerprint density at radius 3 is 2.59 bits per heavy atom. The van der Waals surface area contributed by atoms with Gasteiger partial charge in [-0.25, -0.2) is 4.98 Å². The molecule has 1 saturated heterocycles. The van der Waals surface area contributed by atoms with Crippen LogP contribution in [0.15, 0.2) is 53.2 Å². The number of aromatic nitrogens is 3. The lowest BCUT2D eigenvalue weighted by atomic mass is 10.2. The van der Waals surface area contributed by atoms with E-state index in [9.17, 15) is 4.79 Å². The van der Waals surface area contributed by atoms with Crippen molar-refractivity contribution in [2.75, 3.05) is 38.2 Å². The van der Waals surface area contributed by atoms with Crippen LogP contribution in [0.4, 0.5) is 5.82 Å². The summed E-state index contributed by atoms with van der Waals surface area (Å²) >= 11 is 0. The molecule has 1 aromatic carbocycles. The molecule has 2 aromatic heterocycles. The van der Waals surface area contributed by atoms with Gasteiger partial charge in [-0.15, -0.1) is 0 Å². The standard InChI is InChI=1S/C21H23N5O3/c1-28-17-7-5-16(6-8-17)21-23-19(29-24-21)9-10-20(27)26-14-12-25(13-15-26)18-4-2-3-11-22-18/h2-8,11H,9-10,12-15H2,1H3. The molecule has 1 amide bonds. The molecule has 3 heterocycles. The van der Waals surface area contributed by atoms with Gasteiger partial charge in [0, 0.05) is 50.8 Å². The number of ether oxygens (including phenoxy) is 1. The maximum atomic E-state index is 12.5. The zero-order chi connectivity index (χ0) is 20.1. The van der Waals surface area contributed by atoms with Gasteiger partial charge in [-0.1, -0.05) is 11.2 Å². The summed E-state index contributed by atoms with van der Waals surface area (Å²) in [4.78, 5) is 25.4. The quantitative estimate of drug-likeness (QED) is 0.636. The zero-order valence-electron chi connectivity index (χ0n) is 16.3. The number of amides is 1. The van der Waals surface area contributed by atoms with Crippen LogP contribution in [-0.2, 0) is 11.2 Å². The van der Waals surface area contributed by atoms with Crippen molar-refractivity contribution in [1.82, 2.24) is 20.0 Å². The van der Waals surface area contributed by atoms with E-state index in [0.717, 1.165) is 30.2 Å². The van der Waals surface area contributed by atoms with Gasteiger partial charge in [0.15, 0.2) is 0 Å². The highest BCUT2D eigenvalue weighted by Gasteiger charge is 2.22. The number of hydrogen-bond acceptors (Lipinski definition) is 7. The van der Waals surface area contributed by atoms with Crippen LogP contribution in [0.3, 0.4) is 0 Å². The van der Waals surface area contributed by atoms with Gasteiger partial charge in [-0.3, -0.25) is 4.79 Å². The summed E-state index contributed by atoms with van der Waals surface area (Å²) in [7, 11) is 1.62. The third-order valence-corrected chi connectivity index (χ3v) is 4.97. The minimum absolute atomic E-state index is 0.106. The first-order chi connectivity index (χ1) is 14.2. The van der Waals surface area contributed by atoms with Crippen molar-refractivity contribution in [1.29, 1.82) is 0 Å². The SMILES string of the molecule is COc1ccc(-c2noc(CCC(=O)N3CCN(c4ccccn4)CC3)n2)cc1. The van der Waals surface area contributed by atoms with Crippen LogP contribution >= 0.6 is 0 Å². The molecule has 29 heavy (non-hydrogen) atoms. The second-order valence-electron chi connectivity index (χ2n) is 6.80. The Kier molecular flexibility index (Phi) is 5.69. The largest absolute Gasteiger partial charge is 0.497 e. The fraction of sp³-hybridized carbons (Fsp3) is 0.333. The van der Waals surface area contributed by atoms with Crippen LogP contribution in [0.1, 0.15) is 12.3 Å². The molecule has 3 aromatic rings. The number of carbonyl (C=O) groups excluding carboxylic acids is 1. The minimum atomic E-state index is 0.106. The van der Waals surface area contributed by atoms with Gasteiger partial charge in [-0.05, 0) is 36.4 Å². The Morgan fingerprint density at radius 1 is 1.10 bits per heavy atom. The fourth-order valence-corrected chi connectivity index (χ4v) is 3.31. The lowest BCUT2D eigenvalue weighted by molar-refractivity contribution is -0.131. The average molecular weight is 393 g/mol. The molecule has 0 saturated carbocycles. The third-order valence-electron chi connectivity index (χ3n) is 4.97. The van der Waals surface area contributed by atoms with E-state index in [1.165, 1.54) is 0 Å². The highest BCUT2D eigenvalue weighted by Crippen LogP contribution is 2.20. The molecule has 1 aliphatic heterocycles. The summed E-state index contributed by atoms with van der Waals surface area (Å²) in [5.41, 5.74) is 0.845. The van der Waals surface area contributed by atoms with Crippen molar-refractivity contribution in [3.8, 4) is 17.1 Å². The molecule has 150 valence electrons. The number of hydrogen-bond donors (Lipinski definition) is 0. The first kappa shape index (κ1) is 18.9. The average Bonchev–Trinajstić information content (AvgIpc) is 3.27. The van der Waals surface area contributed by atoms with Crippen molar-refractivity contribution in [3.05, 3.63) is 54.6 Å². The van der Waals surface area contributed by atoms with Gasteiger partial charge in [0.05, 0.1) is 7.11 Å². The molecule has 1 fully saturated rings. The Labute approximate surface area is 169 Å². The molecule has 8 nitrogen and oxygen atoms in total. The smallest absolute Gasteiger partial charge is 0.227 e. The maximum absolute atomic E-state index is 12.5. The summed E-state index contributed by atoms with van der Waals surface area (Å²) < 4.78 is 10.5. The summed E-state index contributed by atoms with van der Waals surface area (Å²) in [6.07, 6.45) is 2.58. The van der Waals surface area contributed by atoms with Crippen LogP contribution in [0.2, 0.25) is 0 Å². The Morgan fingerprint density at radius 2 is 1.90 bits per heavy atom. The predicted octanol–water partition coefficient (Wildman–Crippen LogP) is 2.42. The topological polar surface area (TPSA) is 84.6 Å². The Hall–Kier alpha value is -3.42. The molecule has 0 radical (unpaired) electrons. The summed E-state index contributed by atoms with van der Waals surface area (Å²) in [5, 5.41) is 4.01. The Balaban J connectivity index is 1.27. The van der Waals surface area contributed by atoms with Crippen LogP contribution < -0.4 is 9.64 Å². The minimum Gasteiger partial charge on any atom is -0.497 e. The van der Waals surface area contributed by atoms with Crippen molar-refractivity contribution in [2.45, 2.75) is 12.8 Å². The van der Waals surface area contributed by atoms with Crippen molar-refractivity contribution in [2.24, 2.45) is 0 Å². The van der Waals surface area contributed by atoms with Crippen LogP contribution in [-0.4, -0.2) is 59.2 Å². The van der Waals surface area contributed by atoms with Crippen LogP contribution in [0.25, 0.3) is 11.4 Å². The molecule has 0 unspecified atom stereocenters. The number of carbonyl (C=O) groups is 1. The number of rotatable bonds is 6. The van der Waals surface area contributed by atoms with Gasteiger partial charge in [-0.2, -0.15) is 4.98 Å². The molecule has 1 aliphatic rings. The summed E-state index contributed by atoms with van der Waals surface area (Å²) in [5.74, 6) is 2.81. The number of piperazine rings is 1. The zero-order valence-corrected chi connectivity index (χ0v) is 16.3. The Bertz CT molecular complexity index is 934. The number of anilines is 1. The normalized spacial score (nSPS) is 14.1. The van der Waals surface area contributed by atoms with E-state index >= 15 is 0 Å². The van der Waals surface area contributed by atoms with Crippen molar-refractivity contribution >= 4 is 11.7 Å². The second-order valence-corrected chi connectivity index (χ2v) is 6.80. The summed E-state index contributed by atoms with van der Waals surface area (Å²) in [6, 6.07) is 13.3.